The molecule has 1 N–H and O–H groups in total. The van der Waals surface area contributed by atoms with Gasteiger partial charge in [0.15, 0.2) is 0 Å². The van der Waals surface area contributed by atoms with Crippen molar-refractivity contribution in [3.05, 3.63) is 83.3 Å². The zero-order valence-corrected chi connectivity index (χ0v) is 15.9. The Bertz CT molecular complexity index is 887. The summed E-state index contributed by atoms with van der Waals surface area (Å²) in [4.78, 5) is 23.2. The Morgan fingerprint density at radius 1 is 1.00 bits per heavy atom. The number of aromatic nitrogens is 2. The second kappa shape index (κ2) is 8.45. The Hall–Kier alpha value is -3.21. The molecule has 5 heteroatoms. The monoisotopic (exact) mass is 360 g/mol. The molecule has 0 radical (unpaired) electrons. The van der Waals surface area contributed by atoms with Gasteiger partial charge in [-0.15, -0.1) is 0 Å². The van der Waals surface area contributed by atoms with Crippen molar-refractivity contribution < 1.29 is 4.79 Å². The summed E-state index contributed by atoms with van der Waals surface area (Å²) in [5.41, 5.74) is 4.75. The molecule has 0 bridgehead atoms. The minimum absolute atomic E-state index is 0.119. The summed E-state index contributed by atoms with van der Waals surface area (Å²) in [5, 5.41) is 3.24. The van der Waals surface area contributed by atoms with Crippen LogP contribution in [0.25, 0.3) is 0 Å². The third kappa shape index (κ3) is 4.91. The van der Waals surface area contributed by atoms with Crippen molar-refractivity contribution in [1.82, 2.24) is 14.9 Å². The number of rotatable bonds is 6. The van der Waals surface area contributed by atoms with Gasteiger partial charge in [0.2, 0.25) is 0 Å². The Kier molecular flexibility index (Phi) is 5.81. The molecule has 138 valence electrons. The maximum atomic E-state index is 12.7. The van der Waals surface area contributed by atoms with E-state index in [0.717, 1.165) is 11.3 Å². The van der Waals surface area contributed by atoms with E-state index in [4.69, 9.17) is 0 Å². The van der Waals surface area contributed by atoms with Gasteiger partial charge in [-0.2, -0.15) is 0 Å². The van der Waals surface area contributed by atoms with Crippen molar-refractivity contribution in [3.63, 3.8) is 0 Å². The number of aryl methyl sites for hydroxylation is 2. The highest BCUT2D eigenvalue weighted by atomic mass is 16.2. The van der Waals surface area contributed by atoms with Crippen molar-refractivity contribution >= 4 is 17.4 Å². The van der Waals surface area contributed by atoms with Crippen LogP contribution in [0.3, 0.4) is 0 Å². The summed E-state index contributed by atoms with van der Waals surface area (Å²) in [7, 11) is 0. The summed E-state index contributed by atoms with van der Waals surface area (Å²) < 4.78 is 0. The van der Waals surface area contributed by atoms with E-state index >= 15 is 0 Å². The fraction of sp³-hybridized carbons (Fsp3) is 0.227. The number of benzene rings is 2. The third-order valence-electron chi connectivity index (χ3n) is 4.25. The summed E-state index contributed by atoms with van der Waals surface area (Å²) in [6.45, 7) is 7.23. The predicted octanol–water partition coefficient (Wildman–Crippen LogP) is 4.50. The number of nitrogens with one attached hydrogen (secondary N) is 1. The molecule has 27 heavy (non-hydrogen) atoms. The van der Waals surface area contributed by atoms with E-state index in [1.807, 2.05) is 49.4 Å². The van der Waals surface area contributed by atoms with Crippen LogP contribution in [0.15, 0.2) is 60.9 Å². The number of anilines is 2. The Morgan fingerprint density at radius 2 is 1.70 bits per heavy atom. The average molecular weight is 360 g/mol. The summed E-state index contributed by atoms with van der Waals surface area (Å²) in [6, 6.07) is 16.1. The standard InChI is InChI=1S/C22H24N4O/c1-4-26(15-18-8-6-5-7-9-18)22(27)20-13-24-21(14-23-20)25-19-11-16(2)10-17(3)12-19/h5-14H,4,15H2,1-3H3,(H,24,25). The van der Waals surface area contributed by atoms with Crippen LogP contribution in [0.4, 0.5) is 11.5 Å². The van der Waals surface area contributed by atoms with Gasteiger partial charge >= 0.3 is 0 Å². The number of carbonyl (C=O) groups excluding carboxylic acids is 1. The first kappa shape index (κ1) is 18.6. The van der Waals surface area contributed by atoms with Gasteiger partial charge in [0, 0.05) is 18.8 Å². The third-order valence-corrected chi connectivity index (χ3v) is 4.25. The Morgan fingerprint density at radius 3 is 2.30 bits per heavy atom. The Labute approximate surface area is 160 Å². The molecule has 0 unspecified atom stereocenters. The minimum Gasteiger partial charge on any atom is -0.339 e. The van der Waals surface area contributed by atoms with E-state index in [1.54, 1.807) is 11.1 Å². The van der Waals surface area contributed by atoms with Gasteiger partial charge in [0.1, 0.15) is 11.5 Å². The molecule has 1 heterocycles. The number of amides is 1. The molecular formula is C22H24N4O. The van der Waals surface area contributed by atoms with Crippen LogP contribution in [-0.2, 0) is 6.54 Å². The predicted molar refractivity (Wildman–Crippen MR) is 108 cm³/mol. The van der Waals surface area contributed by atoms with E-state index in [9.17, 15) is 4.79 Å². The van der Waals surface area contributed by atoms with E-state index < -0.39 is 0 Å². The van der Waals surface area contributed by atoms with Crippen LogP contribution in [0, 0.1) is 13.8 Å². The fourth-order valence-corrected chi connectivity index (χ4v) is 2.99. The smallest absolute Gasteiger partial charge is 0.274 e. The van der Waals surface area contributed by atoms with Crippen molar-refractivity contribution in [3.8, 4) is 0 Å². The maximum Gasteiger partial charge on any atom is 0.274 e. The molecule has 0 saturated carbocycles. The quantitative estimate of drug-likeness (QED) is 0.703. The maximum absolute atomic E-state index is 12.7. The molecule has 5 nitrogen and oxygen atoms in total. The Balaban J connectivity index is 1.70. The van der Waals surface area contributed by atoms with Gasteiger partial charge < -0.3 is 10.2 Å². The lowest BCUT2D eigenvalue weighted by Gasteiger charge is -2.20. The summed E-state index contributed by atoms with van der Waals surface area (Å²) >= 11 is 0. The molecule has 0 spiro atoms. The topological polar surface area (TPSA) is 58.1 Å². The molecule has 1 aromatic heterocycles. The number of hydrogen-bond acceptors (Lipinski definition) is 4. The van der Waals surface area contributed by atoms with E-state index in [0.29, 0.717) is 24.6 Å². The number of carbonyl (C=O) groups is 1. The molecular weight excluding hydrogens is 336 g/mol. The molecule has 3 aromatic rings. The first-order valence-electron chi connectivity index (χ1n) is 9.05. The van der Waals surface area contributed by atoms with Gasteiger partial charge in [0.05, 0.1) is 12.4 Å². The van der Waals surface area contributed by atoms with Crippen LogP contribution < -0.4 is 5.32 Å². The van der Waals surface area contributed by atoms with Gasteiger partial charge in [-0.25, -0.2) is 9.97 Å². The highest BCUT2D eigenvalue weighted by molar-refractivity contribution is 5.92. The van der Waals surface area contributed by atoms with Gasteiger partial charge in [0.25, 0.3) is 5.91 Å². The molecule has 3 rings (SSSR count). The first-order chi connectivity index (χ1) is 13.0. The second-order valence-electron chi connectivity index (χ2n) is 6.59. The van der Waals surface area contributed by atoms with Crippen molar-refractivity contribution in [2.45, 2.75) is 27.3 Å². The van der Waals surface area contributed by atoms with Gasteiger partial charge in [-0.05, 0) is 49.6 Å². The van der Waals surface area contributed by atoms with E-state index in [-0.39, 0.29) is 5.91 Å². The fourth-order valence-electron chi connectivity index (χ4n) is 2.99. The first-order valence-corrected chi connectivity index (χ1v) is 9.05. The summed E-state index contributed by atoms with van der Waals surface area (Å²) in [6.07, 6.45) is 3.13. The summed E-state index contributed by atoms with van der Waals surface area (Å²) in [5.74, 6) is 0.495. The normalized spacial score (nSPS) is 10.5. The zero-order chi connectivity index (χ0) is 19.2. The molecule has 0 aliphatic rings. The largest absolute Gasteiger partial charge is 0.339 e. The highest BCUT2D eigenvalue weighted by Gasteiger charge is 2.16. The lowest BCUT2D eigenvalue weighted by molar-refractivity contribution is 0.0746. The molecule has 2 aromatic carbocycles. The lowest BCUT2D eigenvalue weighted by atomic mass is 10.1. The average Bonchev–Trinajstić information content (AvgIpc) is 2.66. The molecule has 0 atom stereocenters. The molecule has 0 aliphatic carbocycles. The van der Waals surface area contributed by atoms with Crippen LogP contribution in [0.2, 0.25) is 0 Å². The number of hydrogen-bond donors (Lipinski definition) is 1. The lowest BCUT2D eigenvalue weighted by Crippen LogP contribution is -2.31. The van der Waals surface area contributed by atoms with Crippen molar-refractivity contribution in [2.24, 2.45) is 0 Å². The van der Waals surface area contributed by atoms with Gasteiger partial charge in [-0.3, -0.25) is 4.79 Å². The van der Waals surface area contributed by atoms with Crippen LogP contribution in [0.1, 0.15) is 34.1 Å². The molecule has 0 saturated heterocycles. The van der Waals surface area contributed by atoms with Crippen LogP contribution in [0.5, 0.6) is 0 Å². The minimum atomic E-state index is -0.119. The molecule has 1 amide bonds. The van der Waals surface area contributed by atoms with Crippen molar-refractivity contribution in [2.75, 3.05) is 11.9 Å². The number of nitrogens with zero attached hydrogens (tertiary/aromatic N) is 3. The zero-order valence-electron chi connectivity index (χ0n) is 15.9. The van der Waals surface area contributed by atoms with E-state index in [1.165, 1.54) is 17.3 Å². The van der Waals surface area contributed by atoms with Crippen molar-refractivity contribution in [1.29, 1.82) is 0 Å². The SMILES string of the molecule is CCN(Cc1ccccc1)C(=O)c1cnc(Nc2cc(C)cc(C)c2)cn1. The highest BCUT2D eigenvalue weighted by Crippen LogP contribution is 2.18. The molecule has 0 fully saturated rings. The van der Waals surface area contributed by atoms with E-state index in [2.05, 4.69) is 35.2 Å². The van der Waals surface area contributed by atoms with Gasteiger partial charge in [-0.1, -0.05) is 36.4 Å². The van der Waals surface area contributed by atoms with Crippen LogP contribution in [-0.4, -0.2) is 27.3 Å². The molecule has 0 aliphatic heterocycles. The second-order valence-corrected chi connectivity index (χ2v) is 6.59. The van der Waals surface area contributed by atoms with Crippen LogP contribution >= 0.6 is 0 Å².